The van der Waals surface area contributed by atoms with E-state index in [0.29, 0.717) is 25.7 Å². The lowest BCUT2D eigenvalue weighted by Gasteiger charge is -2.19. The lowest BCUT2D eigenvalue weighted by molar-refractivity contribution is -0.160. The molecule has 2 atom stereocenters. The Hall–Kier alpha value is -1.14. The summed E-state index contributed by atoms with van der Waals surface area (Å²) in [5, 5.41) is 18.6. The van der Waals surface area contributed by atoms with Gasteiger partial charge in [-0.3, -0.25) is 9.59 Å². The van der Waals surface area contributed by atoms with Crippen LogP contribution in [0.2, 0.25) is 0 Å². The first-order valence-corrected chi connectivity index (χ1v) is 12.2. The smallest absolute Gasteiger partial charge is 0.306 e. The van der Waals surface area contributed by atoms with Crippen LogP contribution < -0.4 is 0 Å². The average molecular weight is 431 g/mol. The Bertz CT molecular complexity index is 413. The van der Waals surface area contributed by atoms with Crippen LogP contribution in [0.25, 0.3) is 0 Å². The van der Waals surface area contributed by atoms with Crippen molar-refractivity contribution in [1.82, 2.24) is 0 Å². The highest BCUT2D eigenvalue weighted by Crippen LogP contribution is 2.12. The largest absolute Gasteiger partial charge is 0.462 e. The molecule has 0 aliphatic carbocycles. The van der Waals surface area contributed by atoms with E-state index in [-0.39, 0.29) is 25.2 Å². The van der Waals surface area contributed by atoms with Crippen molar-refractivity contribution >= 4 is 11.9 Å². The van der Waals surface area contributed by atoms with Gasteiger partial charge in [0, 0.05) is 12.8 Å². The summed E-state index contributed by atoms with van der Waals surface area (Å²) in [7, 11) is 0. The second-order valence-electron chi connectivity index (χ2n) is 8.24. The van der Waals surface area contributed by atoms with Gasteiger partial charge in [-0.1, -0.05) is 78.1 Å². The number of aliphatic hydroxyl groups excluding tert-OH is 2. The van der Waals surface area contributed by atoms with E-state index in [2.05, 4.69) is 13.8 Å². The molecule has 0 spiro atoms. The zero-order valence-electron chi connectivity index (χ0n) is 19.4. The van der Waals surface area contributed by atoms with E-state index in [1.807, 2.05) is 0 Å². The van der Waals surface area contributed by atoms with Crippen molar-refractivity contribution in [1.29, 1.82) is 0 Å². The number of carbonyl (C=O) groups excluding carboxylic acids is 2. The standard InChI is InChI=1S/C24H46O6/c1-3-5-7-9-11-13-15-23(27)29-20-22(18-17-21(26)19-25)30-24(28)16-14-12-10-8-6-4-2/h21-22,25-26H,3-20H2,1-2H3/t21-,22+/m1/s1. The summed E-state index contributed by atoms with van der Waals surface area (Å²) in [6, 6.07) is 0. The molecular weight excluding hydrogens is 384 g/mol. The number of hydrogen-bond donors (Lipinski definition) is 2. The number of rotatable bonds is 21. The monoisotopic (exact) mass is 430 g/mol. The van der Waals surface area contributed by atoms with Crippen molar-refractivity contribution in [3.8, 4) is 0 Å². The maximum Gasteiger partial charge on any atom is 0.306 e. The summed E-state index contributed by atoms with van der Waals surface area (Å²) in [6.45, 7) is 4.02. The summed E-state index contributed by atoms with van der Waals surface area (Å²) in [6.07, 6.45) is 13.1. The molecule has 0 saturated carbocycles. The first kappa shape index (κ1) is 28.9. The van der Waals surface area contributed by atoms with Crippen molar-refractivity contribution in [2.75, 3.05) is 13.2 Å². The SMILES string of the molecule is CCCCCCCCC(=O)OC[C@H](CC[C@@H](O)CO)OC(=O)CCCCCCCC. The number of ether oxygens (including phenoxy) is 2. The first-order chi connectivity index (χ1) is 14.5. The molecule has 0 heterocycles. The van der Waals surface area contributed by atoms with Crippen LogP contribution in [0.5, 0.6) is 0 Å². The van der Waals surface area contributed by atoms with Crippen molar-refractivity contribution in [3.63, 3.8) is 0 Å². The highest BCUT2D eigenvalue weighted by atomic mass is 16.6. The van der Waals surface area contributed by atoms with Gasteiger partial charge in [0.15, 0.2) is 0 Å². The fourth-order valence-corrected chi connectivity index (χ4v) is 3.25. The molecule has 0 saturated heterocycles. The summed E-state index contributed by atoms with van der Waals surface area (Å²) >= 11 is 0. The van der Waals surface area contributed by atoms with E-state index in [9.17, 15) is 14.7 Å². The molecule has 178 valence electrons. The molecule has 0 bridgehead atoms. The summed E-state index contributed by atoms with van der Waals surface area (Å²) in [5.41, 5.74) is 0. The molecule has 0 aromatic carbocycles. The Balaban J connectivity index is 4.16. The second kappa shape index (κ2) is 21.1. The fourth-order valence-electron chi connectivity index (χ4n) is 3.25. The molecule has 0 radical (unpaired) electrons. The predicted octanol–water partition coefficient (Wildman–Crippen LogP) is 5.08. The Kier molecular flexibility index (Phi) is 20.3. The Morgan fingerprint density at radius 2 is 1.23 bits per heavy atom. The van der Waals surface area contributed by atoms with Crippen LogP contribution in [-0.2, 0) is 19.1 Å². The van der Waals surface area contributed by atoms with E-state index in [4.69, 9.17) is 14.6 Å². The lowest BCUT2D eigenvalue weighted by atomic mass is 10.1. The van der Waals surface area contributed by atoms with Gasteiger partial charge in [-0.2, -0.15) is 0 Å². The highest BCUT2D eigenvalue weighted by Gasteiger charge is 2.18. The van der Waals surface area contributed by atoms with Crippen LogP contribution in [0.4, 0.5) is 0 Å². The van der Waals surface area contributed by atoms with Crippen molar-refractivity contribution in [3.05, 3.63) is 0 Å². The van der Waals surface area contributed by atoms with Crippen LogP contribution >= 0.6 is 0 Å². The third kappa shape index (κ3) is 18.9. The molecule has 0 rings (SSSR count). The van der Waals surface area contributed by atoms with E-state index in [0.717, 1.165) is 38.5 Å². The number of unbranched alkanes of at least 4 members (excludes halogenated alkanes) is 10. The van der Waals surface area contributed by atoms with Crippen LogP contribution in [0.3, 0.4) is 0 Å². The molecule has 0 aliphatic heterocycles. The first-order valence-electron chi connectivity index (χ1n) is 12.2. The third-order valence-electron chi connectivity index (χ3n) is 5.23. The van der Waals surface area contributed by atoms with Gasteiger partial charge < -0.3 is 19.7 Å². The van der Waals surface area contributed by atoms with Gasteiger partial charge in [0.05, 0.1) is 12.7 Å². The quantitative estimate of drug-likeness (QED) is 0.195. The van der Waals surface area contributed by atoms with Gasteiger partial charge in [-0.15, -0.1) is 0 Å². The molecule has 30 heavy (non-hydrogen) atoms. The molecule has 0 aromatic rings. The minimum Gasteiger partial charge on any atom is -0.462 e. The zero-order valence-corrected chi connectivity index (χ0v) is 19.4. The topological polar surface area (TPSA) is 93.1 Å². The van der Waals surface area contributed by atoms with Crippen molar-refractivity contribution < 1.29 is 29.3 Å². The van der Waals surface area contributed by atoms with Gasteiger partial charge in [0.2, 0.25) is 0 Å². The van der Waals surface area contributed by atoms with Gasteiger partial charge >= 0.3 is 11.9 Å². The van der Waals surface area contributed by atoms with E-state index >= 15 is 0 Å². The van der Waals surface area contributed by atoms with Crippen LogP contribution in [0.1, 0.15) is 117 Å². The van der Waals surface area contributed by atoms with Gasteiger partial charge in [0.25, 0.3) is 0 Å². The molecular formula is C24H46O6. The number of aliphatic hydroxyl groups is 2. The number of hydrogen-bond acceptors (Lipinski definition) is 6. The number of carbonyl (C=O) groups is 2. The number of esters is 2. The van der Waals surface area contributed by atoms with Crippen LogP contribution in [-0.4, -0.2) is 47.6 Å². The summed E-state index contributed by atoms with van der Waals surface area (Å²) in [5.74, 6) is -0.564. The van der Waals surface area contributed by atoms with Crippen molar-refractivity contribution in [2.24, 2.45) is 0 Å². The summed E-state index contributed by atoms with van der Waals surface area (Å²) in [4.78, 5) is 24.1. The maximum atomic E-state index is 12.1. The van der Waals surface area contributed by atoms with Gasteiger partial charge in [-0.05, 0) is 25.7 Å². The maximum absolute atomic E-state index is 12.1. The third-order valence-corrected chi connectivity index (χ3v) is 5.23. The average Bonchev–Trinajstić information content (AvgIpc) is 2.74. The molecule has 0 amide bonds. The Morgan fingerprint density at radius 3 is 1.77 bits per heavy atom. The van der Waals surface area contributed by atoms with E-state index in [1.54, 1.807) is 0 Å². The molecule has 0 fully saturated rings. The minimum atomic E-state index is -0.858. The Morgan fingerprint density at radius 1 is 0.733 bits per heavy atom. The lowest BCUT2D eigenvalue weighted by Crippen LogP contribution is -2.27. The van der Waals surface area contributed by atoms with Crippen LogP contribution in [0.15, 0.2) is 0 Å². The molecule has 6 heteroatoms. The molecule has 6 nitrogen and oxygen atoms in total. The van der Waals surface area contributed by atoms with Gasteiger partial charge in [0.1, 0.15) is 12.7 Å². The highest BCUT2D eigenvalue weighted by molar-refractivity contribution is 5.70. The minimum absolute atomic E-state index is 0.00898. The second-order valence-corrected chi connectivity index (χ2v) is 8.24. The predicted molar refractivity (Wildman–Crippen MR) is 119 cm³/mol. The molecule has 0 unspecified atom stereocenters. The molecule has 0 aromatic heterocycles. The van der Waals surface area contributed by atoms with E-state index in [1.165, 1.54) is 38.5 Å². The Labute approximate surface area is 183 Å². The molecule has 2 N–H and O–H groups in total. The van der Waals surface area contributed by atoms with Crippen molar-refractivity contribution in [2.45, 2.75) is 129 Å². The van der Waals surface area contributed by atoms with E-state index < -0.39 is 12.2 Å². The van der Waals surface area contributed by atoms with Crippen LogP contribution in [0, 0.1) is 0 Å². The van der Waals surface area contributed by atoms with Gasteiger partial charge in [-0.25, -0.2) is 0 Å². The fraction of sp³-hybridized carbons (Fsp3) is 0.917. The summed E-state index contributed by atoms with van der Waals surface area (Å²) < 4.78 is 10.8. The normalized spacial score (nSPS) is 13.1. The zero-order chi connectivity index (χ0) is 22.5. The molecule has 0 aliphatic rings.